The highest BCUT2D eigenvalue weighted by Gasteiger charge is 2.19. The van der Waals surface area contributed by atoms with Gasteiger partial charge >= 0.3 is 0 Å². The molecule has 2 heterocycles. The Morgan fingerprint density at radius 3 is 2.44 bits per heavy atom. The first-order valence-electron chi connectivity index (χ1n) is 6.80. The third-order valence-electron chi connectivity index (χ3n) is 3.80. The molecule has 1 fully saturated rings. The maximum absolute atomic E-state index is 5.88. The minimum atomic E-state index is 0.572. The molecule has 4 nitrogen and oxygen atoms in total. The van der Waals surface area contributed by atoms with E-state index in [1.54, 1.807) is 0 Å². The van der Waals surface area contributed by atoms with Gasteiger partial charge in [-0.3, -0.25) is 4.98 Å². The molecule has 1 saturated heterocycles. The first-order valence-corrected chi connectivity index (χ1v) is 6.80. The van der Waals surface area contributed by atoms with Crippen LogP contribution in [-0.4, -0.2) is 42.6 Å². The van der Waals surface area contributed by atoms with Gasteiger partial charge in [0.05, 0.1) is 0 Å². The van der Waals surface area contributed by atoms with Gasteiger partial charge in [-0.25, -0.2) is 0 Å². The van der Waals surface area contributed by atoms with Gasteiger partial charge in [0.1, 0.15) is 0 Å². The fraction of sp³-hybridized carbons (Fsp3) is 0.643. The number of rotatable bonds is 3. The molecule has 100 valence electrons. The summed E-state index contributed by atoms with van der Waals surface area (Å²) in [5.41, 5.74) is 10.5. The molecule has 0 spiro atoms. The second kappa shape index (κ2) is 5.67. The molecule has 0 saturated carbocycles. The Bertz CT molecular complexity index is 409. The van der Waals surface area contributed by atoms with Gasteiger partial charge in [-0.2, -0.15) is 0 Å². The number of hydrogen-bond acceptors (Lipinski definition) is 4. The van der Waals surface area contributed by atoms with Crippen LogP contribution in [0.1, 0.15) is 23.9 Å². The van der Waals surface area contributed by atoms with E-state index < -0.39 is 0 Å². The van der Waals surface area contributed by atoms with Crippen LogP contribution in [0, 0.1) is 13.8 Å². The van der Waals surface area contributed by atoms with Crippen molar-refractivity contribution < 1.29 is 0 Å². The van der Waals surface area contributed by atoms with Crippen molar-refractivity contribution in [2.75, 3.05) is 37.6 Å². The fourth-order valence-electron chi connectivity index (χ4n) is 2.67. The zero-order chi connectivity index (χ0) is 13.1. The van der Waals surface area contributed by atoms with Gasteiger partial charge in [-0.05, 0) is 26.5 Å². The van der Waals surface area contributed by atoms with E-state index in [1.165, 1.54) is 11.3 Å². The van der Waals surface area contributed by atoms with Crippen molar-refractivity contribution in [2.45, 2.75) is 27.3 Å². The van der Waals surface area contributed by atoms with Crippen molar-refractivity contribution in [3.05, 3.63) is 23.0 Å². The summed E-state index contributed by atoms with van der Waals surface area (Å²) >= 11 is 0. The predicted octanol–water partition coefficient (Wildman–Crippen LogP) is 1.30. The van der Waals surface area contributed by atoms with Crippen molar-refractivity contribution >= 4 is 5.69 Å². The number of aryl methyl sites for hydroxylation is 2. The Labute approximate surface area is 110 Å². The summed E-state index contributed by atoms with van der Waals surface area (Å²) in [4.78, 5) is 9.45. The number of hydrogen-bond donors (Lipinski definition) is 1. The molecule has 1 aliphatic heterocycles. The number of piperazine rings is 1. The molecule has 1 aliphatic rings. The lowest BCUT2D eigenvalue weighted by atomic mass is 10.1. The number of likely N-dealkylation sites (N-methyl/N-ethyl adjacent to an activating group) is 1. The summed E-state index contributed by atoms with van der Waals surface area (Å²) < 4.78 is 0. The van der Waals surface area contributed by atoms with E-state index in [0.717, 1.165) is 44.1 Å². The Morgan fingerprint density at radius 1 is 1.22 bits per heavy atom. The monoisotopic (exact) mass is 248 g/mol. The molecule has 18 heavy (non-hydrogen) atoms. The van der Waals surface area contributed by atoms with Gasteiger partial charge in [0.25, 0.3) is 0 Å². The van der Waals surface area contributed by atoms with Crippen molar-refractivity contribution in [1.29, 1.82) is 0 Å². The Kier molecular flexibility index (Phi) is 4.19. The number of aromatic nitrogens is 1. The SMILES string of the molecule is CCN1CCN(c2cc(C)nc(C)c2CN)CC1. The maximum atomic E-state index is 5.88. The topological polar surface area (TPSA) is 45.4 Å². The summed E-state index contributed by atoms with van der Waals surface area (Å²) in [6, 6.07) is 2.18. The highest BCUT2D eigenvalue weighted by atomic mass is 15.3. The molecular weight excluding hydrogens is 224 g/mol. The molecule has 0 amide bonds. The summed E-state index contributed by atoms with van der Waals surface area (Å²) in [7, 11) is 0. The highest BCUT2D eigenvalue weighted by Crippen LogP contribution is 2.24. The van der Waals surface area contributed by atoms with Crippen molar-refractivity contribution in [3.8, 4) is 0 Å². The zero-order valence-corrected chi connectivity index (χ0v) is 11.7. The second-order valence-corrected chi connectivity index (χ2v) is 4.97. The molecule has 0 atom stereocenters. The average Bonchev–Trinajstić information content (AvgIpc) is 2.38. The molecule has 0 aromatic carbocycles. The molecule has 4 heteroatoms. The van der Waals surface area contributed by atoms with Crippen molar-refractivity contribution in [1.82, 2.24) is 9.88 Å². The molecule has 0 radical (unpaired) electrons. The van der Waals surface area contributed by atoms with E-state index in [4.69, 9.17) is 5.73 Å². The van der Waals surface area contributed by atoms with Gasteiger partial charge in [0, 0.05) is 55.4 Å². The maximum Gasteiger partial charge on any atom is 0.0449 e. The third kappa shape index (κ3) is 2.65. The van der Waals surface area contributed by atoms with Crippen LogP contribution in [0.25, 0.3) is 0 Å². The summed E-state index contributed by atoms with van der Waals surface area (Å²) in [6.45, 7) is 12.5. The lowest BCUT2D eigenvalue weighted by molar-refractivity contribution is 0.271. The van der Waals surface area contributed by atoms with Gasteiger partial charge in [0.2, 0.25) is 0 Å². The van der Waals surface area contributed by atoms with Crippen LogP contribution < -0.4 is 10.6 Å². The predicted molar refractivity (Wildman–Crippen MR) is 75.9 cm³/mol. The van der Waals surface area contributed by atoms with Gasteiger partial charge in [-0.1, -0.05) is 6.92 Å². The third-order valence-corrected chi connectivity index (χ3v) is 3.80. The van der Waals surface area contributed by atoms with Gasteiger partial charge in [-0.15, -0.1) is 0 Å². The average molecular weight is 248 g/mol. The molecule has 0 unspecified atom stereocenters. The smallest absolute Gasteiger partial charge is 0.0449 e. The fourth-order valence-corrected chi connectivity index (χ4v) is 2.67. The normalized spacial score (nSPS) is 17.2. The van der Waals surface area contributed by atoms with Crippen molar-refractivity contribution in [3.63, 3.8) is 0 Å². The van der Waals surface area contributed by atoms with Gasteiger partial charge in [0.15, 0.2) is 0 Å². The Balaban J connectivity index is 2.23. The van der Waals surface area contributed by atoms with Crippen LogP contribution in [-0.2, 0) is 6.54 Å². The largest absolute Gasteiger partial charge is 0.369 e. The second-order valence-electron chi connectivity index (χ2n) is 4.97. The molecule has 2 rings (SSSR count). The van der Waals surface area contributed by atoms with Gasteiger partial charge < -0.3 is 15.5 Å². The number of anilines is 1. The lowest BCUT2D eigenvalue weighted by Gasteiger charge is -2.36. The quantitative estimate of drug-likeness (QED) is 0.876. The van der Waals surface area contributed by atoms with Crippen LogP contribution >= 0.6 is 0 Å². The molecule has 2 N–H and O–H groups in total. The van der Waals surface area contributed by atoms with E-state index in [1.807, 2.05) is 0 Å². The Hall–Kier alpha value is -1.13. The molecule has 0 bridgehead atoms. The standard InChI is InChI=1S/C14H24N4/c1-4-17-5-7-18(8-6-17)14-9-11(2)16-12(3)13(14)10-15/h9H,4-8,10,15H2,1-3H3. The van der Waals surface area contributed by atoms with E-state index in [2.05, 4.69) is 41.6 Å². The zero-order valence-electron chi connectivity index (χ0n) is 11.7. The minimum absolute atomic E-state index is 0.572. The van der Waals surface area contributed by atoms with Crippen molar-refractivity contribution in [2.24, 2.45) is 5.73 Å². The summed E-state index contributed by atoms with van der Waals surface area (Å²) in [5, 5.41) is 0. The van der Waals surface area contributed by atoms with Crippen LogP contribution in [0.5, 0.6) is 0 Å². The van der Waals surface area contributed by atoms with Crippen LogP contribution in [0.2, 0.25) is 0 Å². The van der Waals surface area contributed by atoms with E-state index in [0.29, 0.717) is 6.54 Å². The number of pyridine rings is 1. The van der Waals surface area contributed by atoms with Crippen LogP contribution in [0.3, 0.4) is 0 Å². The summed E-state index contributed by atoms with van der Waals surface area (Å²) in [6.07, 6.45) is 0. The van der Waals surface area contributed by atoms with E-state index in [9.17, 15) is 0 Å². The minimum Gasteiger partial charge on any atom is -0.369 e. The van der Waals surface area contributed by atoms with E-state index >= 15 is 0 Å². The summed E-state index contributed by atoms with van der Waals surface area (Å²) in [5.74, 6) is 0. The van der Waals surface area contributed by atoms with Crippen LogP contribution in [0.4, 0.5) is 5.69 Å². The molecule has 0 aliphatic carbocycles. The first kappa shape index (κ1) is 13.3. The molecule has 1 aromatic rings. The highest BCUT2D eigenvalue weighted by molar-refractivity contribution is 5.56. The molecule has 1 aromatic heterocycles. The number of nitrogens with two attached hydrogens (primary N) is 1. The van der Waals surface area contributed by atoms with Crippen LogP contribution in [0.15, 0.2) is 6.07 Å². The number of nitrogens with zero attached hydrogens (tertiary/aromatic N) is 3. The molecular formula is C14H24N4. The lowest BCUT2D eigenvalue weighted by Crippen LogP contribution is -2.46. The van der Waals surface area contributed by atoms with E-state index in [-0.39, 0.29) is 0 Å². The Morgan fingerprint density at radius 2 is 1.89 bits per heavy atom. The first-order chi connectivity index (χ1) is 8.65.